The standard InChI is InChI=1S/C22H24N6/c1-17-12-18(2)14-20(13-17)28-24-21(15-23)22(25-28)27-10-8-26(9-11-27)16-19-6-4-3-5-7-19/h3-7,12-14H,8-11,16H2,1-2H3. The van der Waals surface area contributed by atoms with Gasteiger partial charge in [-0.3, -0.25) is 4.90 Å². The minimum Gasteiger partial charge on any atom is -0.350 e. The minimum atomic E-state index is 0.385. The average molecular weight is 372 g/mol. The lowest BCUT2D eigenvalue weighted by Gasteiger charge is -2.34. The lowest BCUT2D eigenvalue weighted by molar-refractivity contribution is 0.249. The van der Waals surface area contributed by atoms with Crippen LogP contribution in [-0.4, -0.2) is 46.1 Å². The van der Waals surface area contributed by atoms with Crippen LogP contribution in [-0.2, 0) is 6.54 Å². The van der Waals surface area contributed by atoms with Gasteiger partial charge in [0.15, 0.2) is 5.82 Å². The molecule has 1 aromatic heterocycles. The summed E-state index contributed by atoms with van der Waals surface area (Å²) in [6.45, 7) is 8.62. The molecule has 0 saturated carbocycles. The Bertz CT molecular complexity index is 973. The van der Waals surface area contributed by atoms with Crippen LogP contribution >= 0.6 is 0 Å². The Morgan fingerprint density at radius 2 is 1.61 bits per heavy atom. The highest BCUT2D eigenvalue weighted by molar-refractivity contribution is 5.51. The Morgan fingerprint density at radius 3 is 2.25 bits per heavy atom. The molecule has 0 bridgehead atoms. The number of rotatable bonds is 4. The van der Waals surface area contributed by atoms with E-state index in [1.807, 2.05) is 18.2 Å². The summed E-state index contributed by atoms with van der Waals surface area (Å²) in [7, 11) is 0. The SMILES string of the molecule is Cc1cc(C)cc(-n2nc(C#N)c(N3CCN(Cc4ccccc4)CC3)n2)c1. The van der Waals surface area contributed by atoms with Gasteiger partial charge in [-0.2, -0.15) is 5.26 Å². The first-order valence-electron chi connectivity index (χ1n) is 9.60. The van der Waals surface area contributed by atoms with Crippen molar-refractivity contribution in [3.05, 3.63) is 70.9 Å². The van der Waals surface area contributed by atoms with Gasteiger partial charge in [0, 0.05) is 32.7 Å². The molecule has 0 N–H and O–H groups in total. The molecule has 3 aromatic rings. The van der Waals surface area contributed by atoms with E-state index in [0.29, 0.717) is 11.5 Å². The van der Waals surface area contributed by atoms with Gasteiger partial charge in [0.05, 0.1) is 5.69 Å². The Balaban J connectivity index is 1.49. The van der Waals surface area contributed by atoms with Crippen LogP contribution in [0.5, 0.6) is 0 Å². The largest absolute Gasteiger partial charge is 0.350 e. The maximum Gasteiger partial charge on any atom is 0.207 e. The quantitative estimate of drug-likeness (QED) is 0.704. The third-order valence-corrected chi connectivity index (χ3v) is 5.06. The summed E-state index contributed by atoms with van der Waals surface area (Å²) in [6.07, 6.45) is 0. The minimum absolute atomic E-state index is 0.385. The summed E-state index contributed by atoms with van der Waals surface area (Å²) >= 11 is 0. The van der Waals surface area contributed by atoms with Gasteiger partial charge in [-0.25, -0.2) is 0 Å². The van der Waals surface area contributed by atoms with Gasteiger partial charge in [0.25, 0.3) is 0 Å². The van der Waals surface area contributed by atoms with Crippen molar-refractivity contribution in [2.45, 2.75) is 20.4 Å². The highest BCUT2D eigenvalue weighted by atomic mass is 15.5. The number of anilines is 1. The Kier molecular flexibility index (Phi) is 5.09. The van der Waals surface area contributed by atoms with Gasteiger partial charge in [-0.1, -0.05) is 36.4 Å². The van der Waals surface area contributed by atoms with E-state index in [1.165, 1.54) is 5.56 Å². The van der Waals surface area contributed by atoms with Crippen LogP contribution in [0.15, 0.2) is 48.5 Å². The molecule has 0 amide bonds. The molecule has 1 fully saturated rings. The van der Waals surface area contributed by atoms with Crippen molar-refractivity contribution >= 4 is 5.82 Å². The van der Waals surface area contributed by atoms with Crippen molar-refractivity contribution in [3.63, 3.8) is 0 Å². The van der Waals surface area contributed by atoms with E-state index in [0.717, 1.165) is 49.5 Å². The number of benzene rings is 2. The summed E-state index contributed by atoms with van der Waals surface area (Å²) in [5.41, 5.74) is 4.91. The van der Waals surface area contributed by atoms with Crippen LogP contribution in [0.4, 0.5) is 5.82 Å². The highest BCUT2D eigenvalue weighted by Gasteiger charge is 2.23. The molecule has 6 nitrogen and oxygen atoms in total. The van der Waals surface area contributed by atoms with Gasteiger partial charge in [0.1, 0.15) is 6.07 Å². The molecule has 0 unspecified atom stereocenters. The first-order valence-corrected chi connectivity index (χ1v) is 9.60. The Labute approximate surface area is 165 Å². The molecule has 6 heteroatoms. The van der Waals surface area contributed by atoms with Gasteiger partial charge in [-0.15, -0.1) is 15.0 Å². The Hall–Kier alpha value is -3.17. The van der Waals surface area contributed by atoms with Crippen molar-refractivity contribution in [1.29, 1.82) is 5.26 Å². The number of hydrogen-bond acceptors (Lipinski definition) is 5. The lowest BCUT2D eigenvalue weighted by Crippen LogP contribution is -2.46. The van der Waals surface area contributed by atoms with E-state index in [-0.39, 0.29) is 0 Å². The number of aryl methyl sites for hydroxylation is 2. The number of nitrogens with zero attached hydrogens (tertiary/aromatic N) is 6. The van der Waals surface area contributed by atoms with Crippen molar-refractivity contribution in [2.75, 3.05) is 31.1 Å². The van der Waals surface area contributed by atoms with E-state index in [4.69, 9.17) is 0 Å². The molecule has 142 valence electrons. The smallest absolute Gasteiger partial charge is 0.207 e. The second kappa shape index (κ2) is 7.83. The van der Waals surface area contributed by atoms with Crippen molar-refractivity contribution in [2.24, 2.45) is 0 Å². The molecule has 0 spiro atoms. The van der Waals surface area contributed by atoms with E-state index in [1.54, 1.807) is 4.80 Å². The van der Waals surface area contributed by atoms with Gasteiger partial charge in [-0.05, 0) is 42.7 Å². The third kappa shape index (κ3) is 3.90. The van der Waals surface area contributed by atoms with Gasteiger partial charge < -0.3 is 4.90 Å². The fourth-order valence-electron chi connectivity index (χ4n) is 3.73. The number of nitriles is 1. The molecule has 0 radical (unpaired) electrons. The van der Waals surface area contributed by atoms with Gasteiger partial charge in [0.2, 0.25) is 5.69 Å². The van der Waals surface area contributed by atoms with Crippen LogP contribution in [0, 0.1) is 25.2 Å². The Morgan fingerprint density at radius 1 is 0.929 bits per heavy atom. The van der Waals surface area contributed by atoms with Crippen LogP contribution in [0.25, 0.3) is 5.69 Å². The maximum absolute atomic E-state index is 9.56. The van der Waals surface area contributed by atoms with Crippen LogP contribution in [0.2, 0.25) is 0 Å². The van der Waals surface area contributed by atoms with Crippen molar-refractivity contribution < 1.29 is 0 Å². The van der Waals surface area contributed by atoms with E-state index in [2.05, 4.69) is 70.2 Å². The van der Waals surface area contributed by atoms with E-state index in [9.17, 15) is 5.26 Å². The summed E-state index contributed by atoms with van der Waals surface area (Å²) < 4.78 is 0. The molecular formula is C22H24N6. The van der Waals surface area contributed by atoms with E-state index < -0.39 is 0 Å². The monoisotopic (exact) mass is 372 g/mol. The molecular weight excluding hydrogens is 348 g/mol. The first kappa shape index (κ1) is 18.2. The zero-order chi connectivity index (χ0) is 19.5. The molecule has 1 aliphatic rings. The summed E-state index contributed by atoms with van der Waals surface area (Å²) in [6, 6.07) is 18.9. The third-order valence-electron chi connectivity index (χ3n) is 5.06. The van der Waals surface area contributed by atoms with Crippen LogP contribution in [0.3, 0.4) is 0 Å². The topological polar surface area (TPSA) is 61.0 Å². The average Bonchev–Trinajstić information content (AvgIpc) is 3.13. The molecule has 0 aliphatic carbocycles. The fraction of sp³-hybridized carbons (Fsp3) is 0.318. The molecule has 0 atom stereocenters. The molecule has 28 heavy (non-hydrogen) atoms. The van der Waals surface area contributed by atoms with Crippen LogP contribution in [0.1, 0.15) is 22.4 Å². The highest BCUT2D eigenvalue weighted by Crippen LogP contribution is 2.21. The van der Waals surface area contributed by atoms with E-state index >= 15 is 0 Å². The second-order valence-electron chi connectivity index (χ2n) is 7.37. The number of piperazine rings is 1. The molecule has 1 aliphatic heterocycles. The molecule has 4 rings (SSSR count). The summed E-state index contributed by atoms with van der Waals surface area (Å²) in [5.74, 6) is 0.682. The molecule has 2 aromatic carbocycles. The van der Waals surface area contributed by atoms with Gasteiger partial charge >= 0.3 is 0 Å². The van der Waals surface area contributed by atoms with Crippen molar-refractivity contribution in [1.82, 2.24) is 19.9 Å². The predicted molar refractivity (Wildman–Crippen MR) is 109 cm³/mol. The maximum atomic E-state index is 9.56. The molecule has 1 saturated heterocycles. The first-order chi connectivity index (χ1) is 13.6. The lowest BCUT2D eigenvalue weighted by atomic mass is 10.1. The summed E-state index contributed by atoms with van der Waals surface area (Å²) in [4.78, 5) is 6.20. The predicted octanol–water partition coefficient (Wildman–Crippen LogP) is 3.08. The summed E-state index contributed by atoms with van der Waals surface area (Å²) in [5, 5.41) is 18.7. The number of hydrogen-bond donors (Lipinski definition) is 0. The zero-order valence-corrected chi connectivity index (χ0v) is 16.3. The molecule has 2 heterocycles. The normalized spacial score (nSPS) is 14.8. The second-order valence-corrected chi connectivity index (χ2v) is 7.37. The van der Waals surface area contributed by atoms with Crippen LogP contribution < -0.4 is 4.90 Å². The zero-order valence-electron chi connectivity index (χ0n) is 16.3. The van der Waals surface area contributed by atoms with Crippen molar-refractivity contribution in [3.8, 4) is 11.8 Å². The number of aromatic nitrogens is 3. The fourth-order valence-corrected chi connectivity index (χ4v) is 3.73.